The fourth-order valence-corrected chi connectivity index (χ4v) is 5.19. The number of sulfonamides is 1. The summed E-state index contributed by atoms with van der Waals surface area (Å²) in [6, 6.07) is 11.6. The molecular formula is C22H26N2O6S. The third-order valence-electron chi connectivity index (χ3n) is 5.55. The van der Waals surface area contributed by atoms with Gasteiger partial charge >= 0.3 is 0 Å². The van der Waals surface area contributed by atoms with Crippen molar-refractivity contribution in [3.8, 4) is 17.2 Å². The molecule has 0 saturated carbocycles. The molecular weight excluding hydrogens is 420 g/mol. The van der Waals surface area contributed by atoms with E-state index in [1.54, 1.807) is 29.2 Å². The summed E-state index contributed by atoms with van der Waals surface area (Å²) in [5.41, 5.74) is 0.728. The molecule has 2 aromatic carbocycles. The average molecular weight is 447 g/mol. The molecule has 2 aliphatic heterocycles. The molecule has 0 aromatic heterocycles. The summed E-state index contributed by atoms with van der Waals surface area (Å²) in [6.45, 7) is 2.17. The number of benzene rings is 2. The lowest BCUT2D eigenvalue weighted by atomic mass is 10.1. The molecule has 1 fully saturated rings. The lowest BCUT2D eigenvalue weighted by Gasteiger charge is -2.34. The van der Waals surface area contributed by atoms with Gasteiger partial charge in [-0.15, -0.1) is 0 Å². The predicted octanol–water partition coefficient (Wildman–Crippen LogP) is 2.02. The van der Waals surface area contributed by atoms with Crippen molar-refractivity contribution < 1.29 is 27.8 Å². The summed E-state index contributed by atoms with van der Waals surface area (Å²) in [7, 11) is -3.69. The van der Waals surface area contributed by atoms with Crippen LogP contribution in [0.3, 0.4) is 0 Å². The van der Waals surface area contributed by atoms with Crippen LogP contribution in [-0.4, -0.2) is 68.0 Å². The van der Waals surface area contributed by atoms with Crippen molar-refractivity contribution >= 4 is 15.9 Å². The molecule has 2 heterocycles. The van der Waals surface area contributed by atoms with Gasteiger partial charge in [-0.05, 0) is 30.2 Å². The largest absolute Gasteiger partial charge is 0.508 e. The number of nitrogens with zero attached hydrogens (tertiary/aromatic N) is 2. The highest BCUT2D eigenvalue weighted by Gasteiger charge is 2.31. The predicted molar refractivity (Wildman–Crippen MR) is 114 cm³/mol. The van der Waals surface area contributed by atoms with E-state index in [2.05, 4.69) is 0 Å². The Morgan fingerprint density at radius 1 is 0.968 bits per heavy atom. The van der Waals surface area contributed by atoms with Gasteiger partial charge in [-0.3, -0.25) is 4.79 Å². The molecule has 1 amide bonds. The Labute approximate surface area is 182 Å². The monoisotopic (exact) mass is 446 g/mol. The van der Waals surface area contributed by atoms with Crippen molar-refractivity contribution in [2.24, 2.45) is 0 Å². The molecule has 0 atom stereocenters. The summed E-state index contributed by atoms with van der Waals surface area (Å²) in [5, 5.41) is 9.84. The zero-order chi connectivity index (χ0) is 21.8. The van der Waals surface area contributed by atoms with Gasteiger partial charge in [-0.25, -0.2) is 8.42 Å². The molecule has 8 nitrogen and oxygen atoms in total. The van der Waals surface area contributed by atoms with Crippen molar-refractivity contribution in [1.82, 2.24) is 9.21 Å². The normalized spacial score (nSPS) is 17.2. The first-order valence-corrected chi connectivity index (χ1v) is 11.8. The van der Waals surface area contributed by atoms with E-state index in [1.807, 2.05) is 6.07 Å². The molecule has 0 radical (unpaired) electrons. The number of para-hydroxylation sites is 1. The number of carbonyl (C=O) groups excluding carboxylic acids is 1. The van der Waals surface area contributed by atoms with Gasteiger partial charge in [0.25, 0.3) is 0 Å². The standard InChI is InChI=1S/C22H26N2O6S/c25-19-5-2-1-4-17(19)6-9-22(26)23-10-12-24(13-11-23)31(27,28)18-7-8-20-21(16-18)30-15-3-14-29-20/h1-2,4-5,7-8,16,25H,3,6,9-15H2. The number of aryl methyl sites for hydroxylation is 1. The Hall–Kier alpha value is -2.78. The molecule has 1 N–H and O–H groups in total. The van der Waals surface area contributed by atoms with Gasteiger partial charge in [0, 0.05) is 45.1 Å². The zero-order valence-electron chi connectivity index (χ0n) is 17.2. The zero-order valence-corrected chi connectivity index (χ0v) is 18.0. The van der Waals surface area contributed by atoms with E-state index in [1.165, 1.54) is 16.4 Å². The van der Waals surface area contributed by atoms with E-state index in [9.17, 15) is 18.3 Å². The van der Waals surface area contributed by atoms with Crippen molar-refractivity contribution in [3.63, 3.8) is 0 Å². The van der Waals surface area contributed by atoms with Crippen LogP contribution in [-0.2, 0) is 21.2 Å². The van der Waals surface area contributed by atoms with E-state index in [0.717, 1.165) is 12.0 Å². The Morgan fingerprint density at radius 3 is 2.42 bits per heavy atom. The molecule has 166 valence electrons. The Balaban J connectivity index is 1.36. The minimum atomic E-state index is -3.69. The van der Waals surface area contributed by atoms with Gasteiger partial charge in [-0.2, -0.15) is 4.31 Å². The molecule has 4 rings (SSSR count). The van der Waals surface area contributed by atoms with Gasteiger partial charge in [0.1, 0.15) is 5.75 Å². The summed E-state index contributed by atoms with van der Waals surface area (Å²) in [5.74, 6) is 1.13. The number of aromatic hydroxyl groups is 1. The molecule has 0 aliphatic carbocycles. The second-order valence-electron chi connectivity index (χ2n) is 7.57. The van der Waals surface area contributed by atoms with Gasteiger partial charge in [0.2, 0.25) is 15.9 Å². The fourth-order valence-electron chi connectivity index (χ4n) is 3.75. The van der Waals surface area contributed by atoms with Crippen LogP contribution in [0.1, 0.15) is 18.4 Å². The minimum absolute atomic E-state index is 0.0455. The van der Waals surface area contributed by atoms with Crippen LogP contribution in [0.4, 0.5) is 0 Å². The number of hydrogen-bond donors (Lipinski definition) is 1. The quantitative estimate of drug-likeness (QED) is 0.755. The molecule has 2 aromatic rings. The van der Waals surface area contributed by atoms with Crippen LogP contribution in [0.15, 0.2) is 47.4 Å². The maximum Gasteiger partial charge on any atom is 0.243 e. The summed E-state index contributed by atoms with van der Waals surface area (Å²) in [6.07, 6.45) is 1.46. The number of rotatable bonds is 5. The third kappa shape index (κ3) is 4.77. The molecule has 9 heteroatoms. The van der Waals surface area contributed by atoms with Gasteiger partial charge in [-0.1, -0.05) is 18.2 Å². The number of phenolic OH excluding ortho intramolecular Hbond substituents is 1. The lowest BCUT2D eigenvalue weighted by Crippen LogP contribution is -2.50. The van der Waals surface area contributed by atoms with Gasteiger partial charge < -0.3 is 19.5 Å². The second kappa shape index (κ2) is 9.15. The Morgan fingerprint density at radius 2 is 1.68 bits per heavy atom. The Kier molecular flexibility index (Phi) is 6.33. The Bertz CT molecular complexity index is 1050. The highest BCUT2D eigenvalue weighted by Crippen LogP contribution is 2.33. The van der Waals surface area contributed by atoms with Gasteiger partial charge in [0.15, 0.2) is 11.5 Å². The number of hydrogen-bond acceptors (Lipinski definition) is 6. The SMILES string of the molecule is O=C(CCc1ccccc1O)N1CCN(S(=O)(=O)c2ccc3c(c2)OCCCO3)CC1. The van der Waals surface area contributed by atoms with E-state index >= 15 is 0 Å². The number of piperazine rings is 1. The summed E-state index contributed by atoms with van der Waals surface area (Å²) < 4.78 is 38.8. The van der Waals surface area contributed by atoms with Crippen LogP contribution in [0.25, 0.3) is 0 Å². The number of carbonyl (C=O) groups is 1. The van der Waals surface area contributed by atoms with Crippen molar-refractivity contribution in [3.05, 3.63) is 48.0 Å². The highest BCUT2D eigenvalue weighted by atomic mass is 32.2. The van der Waals surface area contributed by atoms with Crippen LogP contribution in [0.5, 0.6) is 17.2 Å². The fraction of sp³-hybridized carbons (Fsp3) is 0.409. The first-order chi connectivity index (χ1) is 14.9. The van der Waals surface area contributed by atoms with E-state index in [-0.39, 0.29) is 36.1 Å². The number of ether oxygens (including phenoxy) is 2. The number of fused-ring (bicyclic) bond motifs is 1. The number of amides is 1. The van der Waals surface area contributed by atoms with E-state index < -0.39 is 10.0 Å². The first kappa shape index (κ1) is 21.5. The van der Waals surface area contributed by atoms with Crippen LogP contribution in [0, 0.1) is 0 Å². The molecule has 2 aliphatic rings. The molecule has 0 spiro atoms. The van der Waals surface area contributed by atoms with Gasteiger partial charge in [0.05, 0.1) is 18.1 Å². The summed E-state index contributed by atoms with van der Waals surface area (Å²) >= 11 is 0. The first-order valence-electron chi connectivity index (χ1n) is 10.4. The molecule has 0 unspecified atom stereocenters. The second-order valence-corrected chi connectivity index (χ2v) is 9.51. The maximum atomic E-state index is 13.1. The van der Waals surface area contributed by atoms with Crippen molar-refractivity contribution in [2.75, 3.05) is 39.4 Å². The maximum absolute atomic E-state index is 13.1. The molecule has 31 heavy (non-hydrogen) atoms. The highest BCUT2D eigenvalue weighted by molar-refractivity contribution is 7.89. The molecule has 1 saturated heterocycles. The third-order valence-corrected chi connectivity index (χ3v) is 7.44. The topological polar surface area (TPSA) is 96.4 Å². The van der Waals surface area contributed by atoms with Crippen LogP contribution in [0.2, 0.25) is 0 Å². The van der Waals surface area contributed by atoms with Crippen LogP contribution < -0.4 is 9.47 Å². The van der Waals surface area contributed by atoms with Crippen LogP contribution >= 0.6 is 0 Å². The smallest absolute Gasteiger partial charge is 0.243 e. The molecule has 0 bridgehead atoms. The van der Waals surface area contributed by atoms with Crippen molar-refractivity contribution in [2.45, 2.75) is 24.2 Å². The van der Waals surface area contributed by atoms with Crippen molar-refractivity contribution in [1.29, 1.82) is 0 Å². The van der Waals surface area contributed by atoms with E-state index in [4.69, 9.17) is 9.47 Å². The lowest BCUT2D eigenvalue weighted by molar-refractivity contribution is -0.132. The average Bonchev–Trinajstić information content (AvgIpc) is 3.03. The number of phenols is 1. The summed E-state index contributed by atoms with van der Waals surface area (Å²) in [4.78, 5) is 14.4. The van der Waals surface area contributed by atoms with E-state index in [0.29, 0.717) is 44.2 Å². The minimum Gasteiger partial charge on any atom is -0.508 e.